The lowest BCUT2D eigenvalue weighted by Gasteiger charge is -2.01. The summed E-state index contributed by atoms with van der Waals surface area (Å²) in [5.74, 6) is 0.739. The number of carbonyl (C=O) groups excluding carboxylic acids is 1. The third-order valence-electron chi connectivity index (χ3n) is 3.52. The average molecular weight is 349 g/mol. The van der Waals surface area contributed by atoms with Crippen LogP contribution < -0.4 is 5.32 Å². The number of nitrogens with one attached hydrogen (secondary N) is 1. The molecule has 0 unspecified atom stereocenters. The number of anilines is 1. The molecule has 0 radical (unpaired) electrons. The number of furan rings is 1. The highest BCUT2D eigenvalue weighted by atomic mass is 16.6. The SMILES string of the molecule is CC(=O)Nc1ccc(N=Cc2ccc(-c3ccccc3[N+](=O)[O-])o2)cc1. The van der Waals surface area contributed by atoms with E-state index in [9.17, 15) is 14.9 Å². The molecule has 2 aromatic carbocycles. The van der Waals surface area contributed by atoms with E-state index in [4.69, 9.17) is 4.42 Å². The van der Waals surface area contributed by atoms with Crippen LogP contribution in [0.3, 0.4) is 0 Å². The Morgan fingerprint density at radius 2 is 1.85 bits per heavy atom. The first-order chi connectivity index (χ1) is 12.5. The fourth-order valence-corrected chi connectivity index (χ4v) is 2.38. The first kappa shape index (κ1) is 17.1. The van der Waals surface area contributed by atoms with E-state index in [0.29, 0.717) is 28.5 Å². The van der Waals surface area contributed by atoms with Crippen molar-refractivity contribution in [2.45, 2.75) is 6.92 Å². The molecule has 7 heteroatoms. The van der Waals surface area contributed by atoms with Crippen LogP contribution in [0, 0.1) is 10.1 Å². The molecule has 26 heavy (non-hydrogen) atoms. The van der Waals surface area contributed by atoms with E-state index >= 15 is 0 Å². The zero-order valence-electron chi connectivity index (χ0n) is 13.9. The lowest BCUT2D eigenvalue weighted by Crippen LogP contribution is -2.04. The zero-order chi connectivity index (χ0) is 18.5. The Morgan fingerprint density at radius 3 is 2.54 bits per heavy atom. The van der Waals surface area contributed by atoms with Crippen LogP contribution in [0.15, 0.2) is 70.1 Å². The molecule has 0 fully saturated rings. The molecule has 0 aliphatic carbocycles. The van der Waals surface area contributed by atoms with Crippen LogP contribution in [0.2, 0.25) is 0 Å². The van der Waals surface area contributed by atoms with Crippen molar-refractivity contribution in [1.29, 1.82) is 0 Å². The van der Waals surface area contributed by atoms with Crippen LogP contribution in [0.4, 0.5) is 17.1 Å². The van der Waals surface area contributed by atoms with Gasteiger partial charge in [0.05, 0.1) is 22.4 Å². The minimum Gasteiger partial charge on any atom is -0.455 e. The molecule has 0 aliphatic heterocycles. The Kier molecular flexibility index (Phi) is 4.89. The summed E-state index contributed by atoms with van der Waals surface area (Å²) in [4.78, 5) is 26.0. The van der Waals surface area contributed by atoms with Gasteiger partial charge in [-0.1, -0.05) is 12.1 Å². The molecule has 0 bridgehead atoms. The second kappa shape index (κ2) is 7.43. The normalized spacial score (nSPS) is 10.8. The van der Waals surface area contributed by atoms with Gasteiger partial charge in [0, 0.05) is 18.7 Å². The Hall–Kier alpha value is -3.74. The van der Waals surface area contributed by atoms with E-state index < -0.39 is 4.92 Å². The Morgan fingerprint density at radius 1 is 1.12 bits per heavy atom. The molecule has 1 aromatic heterocycles. The van der Waals surface area contributed by atoms with Crippen molar-refractivity contribution >= 4 is 29.2 Å². The Bertz CT molecular complexity index is 974. The molecule has 7 nitrogen and oxygen atoms in total. The predicted molar refractivity (Wildman–Crippen MR) is 98.8 cm³/mol. The van der Waals surface area contributed by atoms with E-state index in [1.807, 2.05) is 0 Å². The highest BCUT2D eigenvalue weighted by molar-refractivity contribution is 5.89. The molecular formula is C19H15N3O4. The number of nitro benzene ring substituents is 1. The molecule has 0 atom stereocenters. The van der Waals surface area contributed by atoms with Gasteiger partial charge < -0.3 is 9.73 Å². The summed E-state index contributed by atoms with van der Waals surface area (Å²) in [5.41, 5.74) is 1.77. The van der Waals surface area contributed by atoms with Gasteiger partial charge in [0.1, 0.15) is 11.5 Å². The number of hydrogen-bond acceptors (Lipinski definition) is 5. The van der Waals surface area contributed by atoms with E-state index in [-0.39, 0.29) is 11.6 Å². The number of nitrogens with zero attached hydrogens (tertiary/aromatic N) is 2. The summed E-state index contributed by atoms with van der Waals surface area (Å²) in [6, 6.07) is 16.8. The van der Waals surface area contributed by atoms with Gasteiger partial charge >= 0.3 is 0 Å². The van der Waals surface area contributed by atoms with Crippen LogP contribution in [-0.4, -0.2) is 17.0 Å². The zero-order valence-corrected chi connectivity index (χ0v) is 13.9. The van der Waals surface area contributed by atoms with Crippen LogP contribution in [-0.2, 0) is 4.79 Å². The van der Waals surface area contributed by atoms with Crippen molar-refractivity contribution in [3.8, 4) is 11.3 Å². The van der Waals surface area contributed by atoms with Crippen LogP contribution in [0.5, 0.6) is 0 Å². The maximum Gasteiger partial charge on any atom is 0.280 e. The number of rotatable bonds is 5. The number of aliphatic imine (C=N–C) groups is 1. The van der Waals surface area contributed by atoms with E-state index in [2.05, 4.69) is 10.3 Å². The summed E-state index contributed by atoms with van der Waals surface area (Å²) in [6.45, 7) is 1.44. The average Bonchev–Trinajstić information content (AvgIpc) is 3.09. The fraction of sp³-hybridized carbons (Fsp3) is 0.0526. The Labute approximate surface area is 149 Å². The minimum absolute atomic E-state index is 0.0149. The molecule has 3 aromatic rings. The molecule has 0 saturated carbocycles. The van der Waals surface area contributed by atoms with Gasteiger partial charge in [0.2, 0.25) is 5.91 Å². The molecule has 1 amide bonds. The second-order valence-corrected chi connectivity index (χ2v) is 5.46. The third kappa shape index (κ3) is 4.02. The third-order valence-corrected chi connectivity index (χ3v) is 3.52. The largest absolute Gasteiger partial charge is 0.455 e. The number of hydrogen-bond donors (Lipinski definition) is 1. The summed E-state index contributed by atoms with van der Waals surface area (Å²) < 4.78 is 5.65. The van der Waals surface area contributed by atoms with Crippen molar-refractivity contribution in [3.63, 3.8) is 0 Å². The van der Waals surface area contributed by atoms with Gasteiger partial charge in [-0.2, -0.15) is 0 Å². The summed E-state index contributed by atoms with van der Waals surface area (Å²) >= 11 is 0. The monoisotopic (exact) mass is 349 g/mol. The highest BCUT2D eigenvalue weighted by Crippen LogP contribution is 2.30. The standard InChI is InChI=1S/C19H15N3O4/c1-13(23)21-15-8-6-14(7-9-15)20-12-16-10-11-19(26-16)17-4-2-3-5-18(17)22(24)25/h2-12H,1H3,(H,21,23). The van der Waals surface area contributed by atoms with Gasteiger partial charge in [-0.15, -0.1) is 0 Å². The topological polar surface area (TPSA) is 97.7 Å². The second-order valence-electron chi connectivity index (χ2n) is 5.46. The number of amides is 1. The van der Waals surface area contributed by atoms with Crippen LogP contribution in [0.25, 0.3) is 11.3 Å². The minimum atomic E-state index is -0.442. The predicted octanol–water partition coefficient (Wildman–Crippen LogP) is 4.56. The van der Waals surface area contributed by atoms with Gasteiger partial charge in [-0.05, 0) is 42.5 Å². The van der Waals surface area contributed by atoms with Crippen molar-refractivity contribution < 1.29 is 14.1 Å². The fourth-order valence-electron chi connectivity index (χ4n) is 2.38. The highest BCUT2D eigenvalue weighted by Gasteiger charge is 2.16. The molecule has 0 saturated heterocycles. The van der Waals surface area contributed by atoms with Gasteiger partial charge in [0.25, 0.3) is 5.69 Å². The van der Waals surface area contributed by atoms with Crippen LogP contribution >= 0.6 is 0 Å². The summed E-state index contributed by atoms with van der Waals surface area (Å²) in [7, 11) is 0. The van der Waals surface area contributed by atoms with E-state index in [0.717, 1.165) is 0 Å². The van der Waals surface area contributed by atoms with Gasteiger partial charge in [-0.25, -0.2) is 0 Å². The van der Waals surface area contributed by atoms with Gasteiger partial charge in [-0.3, -0.25) is 19.9 Å². The molecule has 3 rings (SSSR count). The van der Waals surface area contributed by atoms with E-state index in [1.54, 1.807) is 54.6 Å². The lowest BCUT2D eigenvalue weighted by molar-refractivity contribution is -0.384. The molecule has 1 N–H and O–H groups in total. The molecular weight excluding hydrogens is 334 g/mol. The maximum atomic E-state index is 11.1. The van der Waals surface area contributed by atoms with Crippen LogP contribution in [0.1, 0.15) is 12.7 Å². The van der Waals surface area contributed by atoms with Crippen molar-refractivity contribution in [1.82, 2.24) is 0 Å². The molecule has 0 spiro atoms. The quantitative estimate of drug-likeness (QED) is 0.414. The Balaban J connectivity index is 1.77. The number of nitro groups is 1. The van der Waals surface area contributed by atoms with Gasteiger partial charge in [0.15, 0.2) is 0 Å². The smallest absolute Gasteiger partial charge is 0.280 e. The summed E-state index contributed by atoms with van der Waals surface area (Å²) in [5, 5.41) is 13.8. The first-order valence-electron chi connectivity index (χ1n) is 7.78. The summed E-state index contributed by atoms with van der Waals surface area (Å²) in [6.07, 6.45) is 1.53. The number of benzene rings is 2. The molecule has 1 heterocycles. The maximum absolute atomic E-state index is 11.1. The van der Waals surface area contributed by atoms with Crippen molar-refractivity contribution in [2.24, 2.45) is 4.99 Å². The van der Waals surface area contributed by atoms with Crippen molar-refractivity contribution in [2.75, 3.05) is 5.32 Å². The number of para-hydroxylation sites is 1. The lowest BCUT2D eigenvalue weighted by atomic mass is 10.1. The van der Waals surface area contributed by atoms with E-state index in [1.165, 1.54) is 19.2 Å². The van der Waals surface area contributed by atoms with Crippen molar-refractivity contribution in [3.05, 3.63) is 76.5 Å². The molecule has 130 valence electrons. The molecule has 0 aliphatic rings. The number of carbonyl (C=O) groups is 1. The first-order valence-corrected chi connectivity index (χ1v) is 7.78.